The van der Waals surface area contributed by atoms with Crippen molar-refractivity contribution < 1.29 is 13.9 Å². The van der Waals surface area contributed by atoms with Crippen LogP contribution in [-0.4, -0.2) is 106 Å². The number of amidine groups is 1. The summed E-state index contributed by atoms with van der Waals surface area (Å²) in [5.41, 5.74) is 2.44. The molecule has 0 bridgehead atoms. The number of aliphatic imine (C=N–C) groups is 2. The van der Waals surface area contributed by atoms with Gasteiger partial charge in [0.1, 0.15) is 16.5 Å². The van der Waals surface area contributed by atoms with Crippen LogP contribution in [0.25, 0.3) is 0 Å². The van der Waals surface area contributed by atoms with E-state index >= 15 is 0 Å². The highest BCUT2D eigenvalue weighted by Gasteiger charge is 2.35. The van der Waals surface area contributed by atoms with Gasteiger partial charge in [0.15, 0.2) is 10.8 Å². The van der Waals surface area contributed by atoms with E-state index in [1.54, 1.807) is 13.1 Å². The maximum Gasteiger partial charge on any atom is 0.280 e. The normalized spacial score (nSPS) is 21.5. The molecule has 0 radical (unpaired) electrons. The predicted octanol–water partition coefficient (Wildman–Crippen LogP) is 3.14. The highest BCUT2D eigenvalue weighted by atomic mass is 32.1. The molecule has 2 fully saturated rings. The minimum absolute atomic E-state index is 0.0736. The van der Waals surface area contributed by atoms with Crippen molar-refractivity contribution >= 4 is 40.5 Å². The van der Waals surface area contributed by atoms with Gasteiger partial charge in [0.05, 0.1) is 0 Å². The number of hydrogen-bond acceptors (Lipinski definition) is 8. The number of benzene rings is 1. The maximum atomic E-state index is 14.4. The summed E-state index contributed by atoms with van der Waals surface area (Å²) in [4.78, 5) is 33.4. The Balaban J connectivity index is 1.36. The molecular weight excluding hydrogens is 505 g/mol. The van der Waals surface area contributed by atoms with E-state index in [0.717, 1.165) is 63.2 Å². The number of piperazine rings is 1. The summed E-state index contributed by atoms with van der Waals surface area (Å²) in [7, 11) is 3.87. The molecule has 3 aliphatic rings. The van der Waals surface area contributed by atoms with Gasteiger partial charge in [-0.1, -0.05) is 11.3 Å². The van der Waals surface area contributed by atoms with Crippen LogP contribution in [0.1, 0.15) is 46.2 Å². The number of ether oxygens (including phenoxy) is 1. The van der Waals surface area contributed by atoms with Crippen LogP contribution in [0.3, 0.4) is 0 Å². The lowest BCUT2D eigenvalue weighted by Crippen LogP contribution is -2.45. The molecule has 204 valence electrons. The molecule has 1 atom stereocenters. The van der Waals surface area contributed by atoms with Gasteiger partial charge in [0, 0.05) is 70.6 Å². The summed E-state index contributed by atoms with van der Waals surface area (Å²) < 4.78 is 19.8. The molecule has 1 aromatic heterocycles. The summed E-state index contributed by atoms with van der Waals surface area (Å²) >= 11 is 1.21. The van der Waals surface area contributed by atoms with E-state index in [1.165, 1.54) is 17.4 Å². The summed E-state index contributed by atoms with van der Waals surface area (Å²) in [6, 6.07) is 5.03. The molecule has 0 aliphatic carbocycles. The molecule has 5 rings (SSSR count). The predicted molar refractivity (Wildman–Crippen MR) is 150 cm³/mol. The Kier molecular flexibility index (Phi) is 8.47. The first-order chi connectivity index (χ1) is 18.5. The van der Waals surface area contributed by atoms with Crippen molar-refractivity contribution in [3.63, 3.8) is 0 Å². The largest absolute Gasteiger partial charge is 0.381 e. The van der Waals surface area contributed by atoms with E-state index in [1.807, 2.05) is 6.07 Å². The molecule has 0 spiro atoms. The molecule has 1 aromatic carbocycles. The summed E-state index contributed by atoms with van der Waals surface area (Å²) in [6.45, 7) is 10.9. The molecule has 38 heavy (non-hydrogen) atoms. The van der Waals surface area contributed by atoms with Crippen molar-refractivity contribution in [1.82, 2.24) is 20.1 Å². The summed E-state index contributed by atoms with van der Waals surface area (Å²) in [5.74, 6) is 0.317. The Hall–Kier alpha value is -2.73. The third kappa shape index (κ3) is 5.80. The number of nitrogens with zero attached hydrogens (tertiary/aromatic N) is 6. The molecule has 4 heterocycles. The number of thiazole rings is 1. The second-order valence-electron chi connectivity index (χ2n) is 10.2. The molecule has 1 N–H and O–H groups in total. The van der Waals surface area contributed by atoms with Crippen molar-refractivity contribution in [2.45, 2.75) is 31.2 Å². The van der Waals surface area contributed by atoms with E-state index in [-0.39, 0.29) is 23.7 Å². The Morgan fingerprint density at radius 1 is 1.26 bits per heavy atom. The van der Waals surface area contributed by atoms with Gasteiger partial charge in [-0.2, -0.15) is 0 Å². The Labute approximate surface area is 227 Å². The molecule has 1 amide bonds. The van der Waals surface area contributed by atoms with Gasteiger partial charge in [-0.25, -0.2) is 9.37 Å². The number of amides is 1. The number of carbonyl (C=O) groups excluding carboxylic acids is 1. The second-order valence-corrected chi connectivity index (χ2v) is 11.2. The number of likely N-dealkylation sites (N-methyl/N-ethyl adjacent to an activating group) is 1. The number of nitrogens with one attached hydrogen (secondary N) is 1. The minimum Gasteiger partial charge on any atom is -0.381 e. The van der Waals surface area contributed by atoms with Crippen LogP contribution < -0.4 is 10.2 Å². The number of anilines is 1. The smallest absolute Gasteiger partial charge is 0.280 e. The Morgan fingerprint density at radius 3 is 2.74 bits per heavy atom. The lowest BCUT2D eigenvalue weighted by atomic mass is 9.97. The topological polar surface area (TPSA) is 85.7 Å². The van der Waals surface area contributed by atoms with Gasteiger partial charge in [-0.3, -0.25) is 14.8 Å². The maximum absolute atomic E-state index is 14.4. The number of aromatic nitrogens is 1. The highest BCUT2D eigenvalue weighted by molar-refractivity contribution is 7.17. The molecule has 1 unspecified atom stereocenters. The van der Waals surface area contributed by atoms with Crippen molar-refractivity contribution in [2.24, 2.45) is 9.98 Å². The zero-order valence-corrected chi connectivity index (χ0v) is 23.0. The van der Waals surface area contributed by atoms with Gasteiger partial charge in [0.25, 0.3) is 5.91 Å². The fourth-order valence-electron chi connectivity index (χ4n) is 5.48. The third-order valence-electron chi connectivity index (χ3n) is 7.70. The summed E-state index contributed by atoms with van der Waals surface area (Å²) in [5, 5.41) is 3.95. The lowest BCUT2D eigenvalue weighted by molar-refractivity contribution is 0.0696. The lowest BCUT2D eigenvalue weighted by Gasteiger charge is -2.33. The van der Waals surface area contributed by atoms with E-state index in [0.29, 0.717) is 41.3 Å². The van der Waals surface area contributed by atoms with Crippen molar-refractivity contribution in [2.75, 3.05) is 71.5 Å². The molecule has 11 heteroatoms. The standard InChI is InChI=1S/C27H36FN7O2S/c1-29-24(23-26(30-2)38-27(32-23)25(36)31-20-7-14-37-15-8-20)35-17-18(21-16-19(28)4-5-22(21)35)6-9-34-12-10-33(3)11-13-34/h4-5,16,18,20H,2,6-15,17H2,1,3H3,(H,31,36)/b29-24+. The first kappa shape index (κ1) is 26.9. The SMILES string of the molecule is C=Nc1sc(C(=O)NC2CCOCC2)nc1/C(=N\C)N1CC(CCN2CCN(C)CC2)c2cc(F)ccc21. The van der Waals surface area contributed by atoms with Crippen molar-refractivity contribution in [3.05, 3.63) is 40.3 Å². The molecule has 0 saturated carbocycles. The summed E-state index contributed by atoms with van der Waals surface area (Å²) in [6.07, 6.45) is 2.50. The first-order valence-electron chi connectivity index (χ1n) is 13.3. The number of rotatable bonds is 7. The average molecular weight is 542 g/mol. The van der Waals surface area contributed by atoms with Gasteiger partial charge >= 0.3 is 0 Å². The van der Waals surface area contributed by atoms with Crippen LogP contribution in [-0.2, 0) is 4.74 Å². The Bertz CT molecular complexity index is 1190. The zero-order chi connectivity index (χ0) is 26.6. The van der Waals surface area contributed by atoms with Crippen LogP contribution >= 0.6 is 11.3 Å². The Morgan fingerprint density at radius 2 is 2.03 bits per heavy atom. The minimum atomic E-state index is -0.237. The van der Waals surface area contributed by atoms with Crippen LogP contribution in [0.15, 0.2) is 28.2 Å². The van der Waals surface area contributed by atoms with E-state index < -0.39 is 0 Å². The quantitative estimate of drug-likeness (QED) is 0.428. The van der Waals surface area contributed by atoms with E-state index in [4.69, 9.17) is 4.74 Å². The highest BCUT2D eigenvalue weighted by Crippen LogP contribution is 2.41. The van der Waals surface area contributed by atoms with Gasteiger partial charge < -0.3 is 24.8 Å². The molecule has 2 aromatic rings. The monoisotopic (exact) mass is 541 g/mol. The van der Waals surface area contributed by atoms with Crippen molar-refractivity contribution in [1.29, 1.82) is 0 Å². The van der Waals surface area contributed by atoms with Gasteiger partial charge in [0.2, 0.25) is 0 Å². The van der Waals surface area contributed by atoms with E-state index in [2.05, 4.69) is 48.8 Å². The second kappa shape index (κ2) is 12.0. The fourth-order valence-corrected chi connectivity index (χ4v) is 6.25. The van der Waals surface area contributed by atoms with E-state index in [9.17, 15) is 9.18 Å². The van der Waals surface area contributed by atoms with Gasteiger partial charge in [-0.05, 0) is 63.3 Å². The third-order valence-corrected chi connectivity index (χ3v) is 8.68. The van der Waals surface area contributed by atoms with Crippen LogP contribution in [0.5, 0.6) is 0 Å². The number of carbonyl (C=O) groups is 1. The number of halogens is 1. The average Bonchev–Trinajstić information content (AvgIpc) is 3.51. The van der Waals surface area contributed by atoms with Gasteiger partial charge in [-0.15, -0.1) is 0 Å². The molecule has 2 saturated heterocycles. The number of hydrogen-bond donors (Lipinski definition) is 1. The van der Waals surface area contributed by atoms with Crippen LogP contribution in [0, 0.1) is 5.82 Å². The molecular formula is C27H36FN7O2S. The molecule has 9 nitrogen and oxygen atoms in total. The van der Waals surface area contributed by atoms with Crippen molar-refractivity contribution in [3.8, 4) is 0 Å². The molecule has 3 aliphatic heterocycles. The fraction of sp³-hybridized carbons (Fsp3) is 0.556. The zero-order valence-electron chi connectivity index (χ0n) is 22.2. The number of fused-ring (bicyclic) bond motifs is 1. The van der Waals surface area contributed by atoms with Crippen LogP contribution in [0.2, 0.25) is 0 Å². The first-order valence-corrected chi connectivity index (χ1v) is 14.1. The van der Waals surface area contributed by atoms with Crippen LogP contribution in [0.4, 0.5) is 15.1 Å².